The van der Waals surface area contributed by atoms with E-state index in [0.29, 0.717) is 24.2 Å². The molecule has 0 unspecified atom stereocenters. The number of rotatable bonds is 7. The van der Waals surface area contributed by atoms with E-state index >= 15 is 0 Å². The third kappa shape index (κ3) is 5.13. The van der Waals surface area contributed by atoms with E-state index in [0.717, 1.165) is 27.8 Å². The predicted octanol–water partition coefficient (Wildman–Crippen LogP) is 5.06. The summed E-state index contributed by atoms with van der Waals surface area (Å²) in [7, 11) is 0. The number of hydrogen-bond acceptors (Lipinski definition) is 3. The topological polar surface area (TPSA) is 66.8 Å². The Labute approximate surface area is 169 Å². The molecular formula is C24H23FO4. The molecule has 0 saturated heterocycles. The molecule has 0 aromatic heterocycles. The highest BCUT2D eigenvalue weighted by molar-refractivity contribution is 5.68. The Hall–Kier alpha value is -3.34. The second-order valence-corrected chi connectivity index (χ2v) is 7.07. The maximum absolute atomic E-state index is 13.6. The molecule has 3 aromatic rings. The van der Waals surface area contributed by atoms with Crippen molar-refractivity contribution in [2.75, 3.05) is 6.61 Å². The lowest BCUT2D eigenvalue weighted by Gasteiger charge is -2.15. The van der Waals surface area contributed by atoms with E-state index in [1.807, 2.05) is 26.0 Å². The summed E-state index contributed by atoms with van der Waals surface area (Å²) in [5.41, 5.74) is 5.49. The minimum Gasteiger partial charge on any atom is -0.508 e. The predicted molar refractivity (Wildman–Crippen MR) is 110 cm³/mol. The zero-order chi connectivity index (χ0) is 21.0. The molecule has 0 bridgehead atoms. The Morgan fingerprint density at radius 3 is 2.52 bits per heavy atom. The van der Waals surface area contributed by atoms with Gasteiger partial charge in [-0.3, -0.25) is 0 Å². The van der Waals surface area contributed by atoms with Crippen LogP contribution in [0.1, 0.15) is 22.3 Å². The van der Waals surface area contributed by atoms with Crippen molar-refractivity contribution in [2.24, 2.45) is 0 Å². The van der Waals surface area contributed by atoms with Crippen LogP contribution in [0.15, 0.2) is 54.6 Å². The van der Waals surface area contributed by atoms with Crippen LogP contribution in [0.3, 0.4) is 0 Å². The average Bonchev–Trinajstić information content (AvgIpc) is 2.66. The minimum absolute atomic E-state index is 0.133. The Balaban J connectivity index is 1.83. The molecule has 0 aliphatic heterocycles. The summed E-state index contributed by atoms with van der Waals surface area (Å²) in [6.07, 6.45) is 1.37. The van der Waals surface area contributed by atoms with Crippen molar-refractivity contribution >= 4 is 5.97 Å². The number of benzene rings is 3. The highest BCUT2D eigenvalue weighted by Crippen LogP contribution is 2.29. The number of aromatic hydroxyl groups is 1. The number of phenols is 1. The fourth-order valence-electron chi connectivity index (χ4n) is 3.47. The summed E-state index contributed by atoms with van der Waals surface area (Å²) < 4.78 is 18.9. The van der Waals surface area contributed by atoms with Gasteiger partial charge in [0.15, 0.2) is 6.61 Å². The molecule has 0 aliphatic rings. The first-order valence-electron chi connectivity index (χ1n) is 9.36. The van der Waals surface area contributed by atoms with Crippen molar-refractivity contribution in [3.05, 3.63) is 82.7 Å². The molecule has 3 rings (SSSR count). The van der Waals surface area contributed by atoms with Crippen LogP contribution in [0.25, 0.3) is 11.1 Å². The first-order chi connectivity index (χ1) is 13.8. The largest absolute Gasteiger partial charge is 0.508 e. The maximum Gasteiger partial charge on any atom is 0.341 e. The summed E-state index contributed by atoms with van der Waals surface area (Å²) in [4.78, 5) is 10.8. The van der Waals surface area contributed by atoms with Crippen LogP contribution in [0, 0.1) is 19.7 Å². The number of aliphatic carboxylic acids is 1. The van der Waals surface area contributed by atoms with E-state index in [9.17, 15) is 14.3 Å². The van der Waals surface area contributed by atoms with Gasteiger partial charge in [0.05, 0.1) is 0 Å². The van der Waals surface area contributed by atoms with Crippen molar-refractivity contribution < 1.29 is 24.1 Å². The number of carboxylic acids is 1. The summed E-state index contributed by atoms with van der Waals surface area (Å²) in [6.45, 7) is 3.54. The first kappa shape index (κ1) is 20.4. The average molecular weight is 394 g/mol. The third-order valence-corrected chi connectivity index (χ3v) is 4.93. The van der Waals surface area contributed by atoms with Gasteiger partial charge in [-0.2, -0.15) is 0 Å². The quantitative estimate of drug-likeness (QED) is 0.588. The standard InChI is InChI=1S/C24H23FO4/c1-15-6-9-23(29-14-24(27)28)16(2)22(15)8-7-17-10-19(13-21(26)11-17)18-4-3-5-20(25)12-18/h3-6,9-13,26H,7-8,14H2,1-2H3,(H,27,28). The van der Waals surface area contributed by atoms with Gasteiger partial charge >= 0.3 is 5.97 Å². The molecule has 0 heterocycles. The lowest BCUT2D eigenvalue weighted by atomic mass is 9.94. The molecule has 0 saturated carbocycles. The second-order valence-electron chi connectivity index (χ2n) is 7.07. The molecule has 0 atom stereocenters. The molecule has 0 aliphatic carbocycles. The number of carbonyl (C=O) groups is 1. The Bertz CT molecular complexity index is 1040. The van der Waals surface area contributed by atoms with Gasteiger partial charge in [-0.15, -0.1) is 0 Å². The molecule has 4 nitrogen and oxygen atoms in total. The molecule has 29 heavy (non-hydrogen) atoms. The van der Waals surface area contributed by atoms with Crippen molar-refractivity contribution in [1.82, 2.24) is 0 Å². The van der Waals surface area contributed by atoms with Crippen LogP contribution >= 0.6 is 0 Å². The van der Waals surface area contributed by atoms with Crippen LogP contribution in [-0.4, -0.2) is 22.8 Å². The number of halogens is 1. The monoisotopic (exact) mass is 394 g/mol. The van der Waals surface area contributed by atoms with Gasteiger partial charge in [0.2, 0.25) is 0 Å². The van der Waals surface area contributed by atoms with Crippen LogP contribution < -0.4 is 4.74 Å². The maximum atomic E-state index is 13.6. The van der Waals surface area contributed by atoms with Crippen molar-refractivity contribution in [1.29, 1.82) is 0 Å². The first-order valence-corrected chi connectivity index (χ1v) is 9.36. The number of hydrogen-bond donors (Lipinski definition) is 2. The Morgan fingerprint density at radius 1 is 1.00 bits per heavy atom. The van der Waals surface area contributed by atoms with E-state index in [4.69, 9.17) is 9.84 Å². The molecule has 0 spiro atoms. The zero-order valence-corrected chi connectivity index (χ0v) is 16.4. The summed E-state index contributed by atoms with van der Waals surface area (Å²) >= 11 is 0. The Morgan fingerprint density at radius 2 is 1.79 bits per heavy atom. The molecule has 0 amide bonds. The van der Waals surface area contributed by atoms with Crippen molar-refractivity contribution in [3.8, 4) is 22.6 Å². The van der Waals surface area contributed by atoms with Crippen LogP contribution in [-0.2, 0) is 17.6 Å². The molecule has 5 heteroatoms. The summed E-state index contributed by atoms with van der Waals surface area (Å²) in [5, 5.41) is 19.0. The number of phenolic OH excluding ortho intramolecular Hbond substituents is 1. The molecular weight excluding hydrogens is 371 g/mol. The van der Waals surface area contributed by atoms with Gasteiger partial charge in [-0.05, 0) is 90.4 Å². The van der Waals surface area contributed by atoms with E-state index in [2.05, 4.69) is 0 Å². The van der Waals surface area contributed by atoms with E-state index in [-0.39, 0.29) is 18.2 Å². The third-order valence-electron chi connectivity index (χ3n) is 4.93. The summed E-state index contributed by atoms with van der Waals surface area (Å²) in [5.74, 6) is -0.647. The molecule has 150 valence electrons. The lowest BCUT2D eigenvalue weighted by Crippen LogP contribution is -2.11. The van der Waals surface area contributed by atoms with Gasteiger partial charge in [0, 0.05) is 0 Å². The second kappa shape index (κ2) is 8.78. The van der Waals surface area contributed by atoms with Crippen molar-refractivity contribution in [3.63, 3.8) is 0 Å². The zero-order valence-electron chi connectivity index (χ0n) is 16.4. The normalized spacial score (nSPS) is 10.7. The van der Waals surface area contributed by atoms with E-state index < -0.39 is 5.97 Å². The van der Waals surface area contributed by atoms with Gasteiger partial charge in [0.1, 0.15) is 17.3 Å². The number of carboxylic acid groups (broad SMARTS) is 1. The minimum atomic E-state index is -1.02. The number of ether oxygens (including phenoxy) is 1. The lowest BCUT2D eigenvalue weighted by molar-refractivity contribution is -0.139. The van der Waals surface area contributed by atoms with Gasteiger partial charge in [-0.1, -0.05) is 24.3 Å². The molecule has 2 N–H and O–H groups in total. The van der Waals surface area contributed by atoms with E-state index in [1.54, 1.807) is 30.3 Å². The van der Waals surface area contributed by atoms with Gasteiger partial charge < -0.3 is 14.9 Å². The fraction of sp³-hybridized carbons (Fsp3) is 0.208. The Kier molecular flexibility index (Phi) is 6.17. The fourth-order valence-corrected chi connectivity index (χ4v) is 3.47. The van der Waals surface area contributed by atoms with Crippen LogP contribution in [0.2, 0.25) is 0 Å². The summed E-state index contributed by atoms with van der Waals surface area (Å²) in [6, 6.07) is 15.3. The number of aryl methyl sites for hydroxylation is 2. The van der Waals surface area contributed by atoms with Crippen LogP contribution in [0.5, 0.6) is 11.5 Å². The SMILES string of the molecule is Cc1ccc(OCC(=O)O)c(C)c1CCc1cc(O)cc(-c2cccc(F)c2)c1. The smallest absolute Gasteiger partial charge is 0.341 e. The van der Waals surface area contributed by atoms with E-state index in [1.165, 1.54) is 12.1 Å². The van der Waals surface area contributed by atoms with Crippen molar-refractivity contribution in [2.45, 2.75) is 26.7 Å². The van der Waals surface area contributed by atoms with Gasteiger partial charge in [0.25, 0.3) is 0 Å². The highest BCUT2D eigenvalue weighted by Gasteiger charge is 2.11. The molecule has 3 aromatic carbocycles. The molecule has 0 fully saturated rings. The highest BCUT2D eigenvalue weighted by atomic mass is 19.1. The van der Waals surface area contributed by atoms with Gasteiger partial charge in [-0.25, -0.2) is 9.18 Å². The molecule has 0 radical (unpaired) electrons. The van der Waals surface area contributed by atoms with Crippen LogP contribution in [0.4, 0.5) is 4.39 Å².